The Kier molecular flexibility index (Phi) is 5.59. The number of rotatable bonds is 3. The van der Waals surface area contributed by atoms with Crippen LogP contribution in [0.3, 0.4) is 0 Å². The van der Waals surface area contributed by atoms with Crippen molar-refractivity contribution in [1.29, 1.82) is 0 Å². The number of hydrogen-bond donors (Lipinski definition) is 3. The van der Waals surface area contributed by atoms with Gasteiger partial charge in [-0.15, -0.1) is 12.6 Å². The fourth-order valence-electron chi connectivity index (χ4n) is 5.33. The molecule has 2 unspecified atom stereocenters. The van der Waals surface area contributed by atoms with Crippen molar-refractivity contribution >= 4 is 29.9 Å². The van der Waals surface area contributed by atoms with E-state index in [2.05, 4.69) is 78.3 Å². The molecule has 1 aliphatic carbocycles. The number of aromatic nitrogens is 1. The predicted octanol–water partition coefficient (Wildman–Crippen LogP) is 4.18. The highest BCUT2D eigenvalue weighted by molar-refractivity contribution is 7.80. The average Bonchev–Trinajstić information content (AvgIpc) is 3.13. The first-order valence-electron chi connectivity index (χ1n) is 11.3. The van der Waals surface area contributed by atoms with Gasteiger partial charge in [-0.1, -0.05) is 18.2 Å². The van der Waals surface area contributed by atoms with Gasteiger partial charge in [-0.3, -0.25) is 4.79 Å². The van der Waals surface area contributed by atoms with Crippen LogP contribution in [0.4, 0.5) is 5.82 Å². The Morgan fingerprint density at radius 2 is 2.12 bits per heavy atom. The molecule has 0 saturated carbocycles. The molecule has 1 aromatic heterocycles. The number of anilines is 1. The van der Waals surface area contributed by atoms with E-state index in [0.717, 1.165) is 64.5 Å². The number of likely N-dealkylation sites (tertiary alicyclic amines) is 1. The number of likely N-dealkylation sites (N-methyl/N-ethyl adjacent to an activating group) is 1. The first-order valence-corrected chi connectivity index (χ1v) is 11.8. The summed E-state index contributed by atoms with van der Waals surface area (Å²) in [6.45, 7) is 6.14. The minimum absolute atomic E-state index is 0.0117. The van der Waals surface area contributed by atoms with E-state index >= 15 is 0 Å². The number of hydrogen-bond acceptors (Lipinski definition) is 5. The van der Waals surface area contributed by atoms with Gasteiger partial charge in [-0.25, -0.2) is 4.98 Å². The Morgan fingerprint density at radius 1 is 1.28 bits per heavy atom. The predicted molar refractivity (Wildman–Crippen MR) is 132 cm³/mol. The molecule has 1 amide bonds. The molecule has 5 rings (SSSR count). The van der Waals surface area contributed by atoms with Gasteiger partial charge in [0.15, 0.2) is 0 Å². The Hall–Kier alpha value is -2.57. The normalized spacial score (nSPS) is 25.0. The molecule has 2 aromatic rings. The van der Waals surface area contributed by atoms with Gasteiger partial charge in [0, 0.05) is 40.7 Å². The number of fused-ring (bicyclic) bond motifs is 3. The van der Waals surface area contributed by atoms with E-state index in [1.54, 1.807) is 0 Å². The SMILES string of the molecule is CC1=C(C(=O)N[C@@H]2CCCN(C)C2)C=C(c2cccc(S)c2)C2c3cc(C)cnc3NC12. The smallest absolute Gasteiger partial charge is 0.251 e. The molecule has 0 spiro atoms. The maximum absolute atomic E-state index is 13.5. The van der Waals surface area contributed by atoms with Gasteiger partial charge < -0.3 is 15.5 Å². The summed E-state index contributed by atoms with van der Waals surface area (Å²) in [6, 6.07) is 10.6. The Labute approximate surface area is 195 Å². The molecule has 2 aliphatic heterocycles. The Balaban J connectivity index is 1.56. The summed E-state index contributed by atoms with van der Waals surface area (Å²) in [5.41, 5.74) is 6.40. The first kappa shape index (κ1) is 21.3. The van der Waals surface area contributed by atoms with Crippen molar-refractivity contribution in [2.24, 2.45) is 0 Å². The van der Waals surface area contributed by atoms with Crippen molar-refractivity contribution in [3.8, 4) is 0 Å². The minimum Gasteiger partial charge on any atom is -0.362 e. The summed E-state index contributed by atoms with van der Waals surface area (Å²) < 4.78 is 0. The van der Waals surface area contributed by atoms with Crippen LogP contribution in [0.1, 0.15) is 42.4 Å². The number of pyridine rings is 1. The molecule has 0 bridgehead atoms. The molecule has 1 aromatic carbocycles. The molecule has 3 heterocycles. The van der Waals surface area contributed by atoms with Gasteiger partial charge in [-0.2, -0.15) is 0 Å². The second kappa shape index (κ2) is 8.41. The molecule has 32 heavy (non-hydrogen) atoms. The zero-order valence-electron chi connectivity index (χ0n) is 18.9. The van der Waals surface area contributed by atoms with Crippen LogP contribution in [0.15, 0.2) is 58.6 Å². The number of carbonyl (C=O) groups is 1. The number of nitrogens with one attached hydrogen (secondary N) is 2. The standard InChI is InChI=1S/C26H30N4OS/c1-15-10-22-23-21(17-6-4-8-19(32)11-17)12-20(16(2)24(23)29-25(22)27-13-15)26(31)28-18-7-5-9-30(3)14-18/h4,6,8,10-13,18,23-24,32H,5,7,9,14H2,1-3H3,(H,27,29)(H,28,31)/t18-,23?,24?/m1/s1. The molecule has 1 saturated heterocycles. The average molecular weight is 447 g/mol. The largest absolute Gasteiger partial charge is 0.362 e. The fraction of sp³-hybridized carbons (Fsp3) is 0.385. The number of carbonyl (C=O) groups excluding carboxylic acids is 1. The van der Waals surface area contributed by atoms with Crippen LogP contribution in [0.2, 0.25) is 0 Å². The van der Waals surface area contributed by atoms with Gasteiger partial charge in [0.2, 0.25) is 0 Å². The summed E-state index contributed by atoms with van der Waals surface area (Å²) in [6.07, 6.45) is 6.13. The van der Waals surface area contributed by atoms with Gasteiger partial charge in [-0.05, 0) is 80.8 Å². The first-order chi connectivity index (χ1) is 15.4. The quantitative estimate of drug-likeness (QED) is 0.619. The van der Waals surface area contributed by atoms with Crippen molar-refractivity contribution in [2.75, 3.05) is 25.5 Å². The number of benzene rings is 1. The van der Waals surface area contributed by atoms with Crippen molar-refractivity contribution < 1.29 is 4.79 Å². The number of amides is 1. The second-order valence-corrected chi connectivity index (χ2v) is 9.89. The van der Waals surface area contributed by atoms with E-state index < -0.39 is 0 Å². The van der Waals surface area contributed by atoms with Crippen LogP contribution in [-0.2, 0) is 4.79 Å². The van der Waals surface area contributed by atoms with Crippen molar-refractivity contribution in [2.45, 2.75) is 49.6 Å². The summed E-state index contributed by atoms with van der Waals surface area (Å²) in [4.78, 5) is 21.3. The van der Waals surface area contributed by atoms with Crippen LogP contribution in [0.5, 0.6) is 0 Å². The highest BCUT2D eigenvalue weighted by Gasteiger charge is 2.41. The Morgan fingerprint density at radius 3 is 2.91 bits per heavy atom. The number of piperidine rings is 1. The maximum Gasteiger partial charge on any atom is 0.251 e. The van der Waals surface area contributed by atoms with Gasteiger partial charge in [0.1, 0.15) is 5.82 Å². The number of nitrogens with zero attached hydrogens (tertiary/aromatic N) is 2. The van der Waals surface area contributed by atoms with E-state index in [1.807, 2.05) is 18.3 Å². The third-order valence-electron chi connectivity index (χ3n) is 6.92. The summed E-state index contributed by atoms with van der Waals surface area (Å²) in [5, 5.41) is 6.91. The van der Waals surface area contributed by atoms with E-state index in [-0.39, 0.29) is 23.9 Å². The Bertz CT molecular complexity index is 1140. The van der Waals surface area contributed by atoms with E-state index in [0.29, 0.717) is 0 Å². The van der Waals surface area contributed by atoms with E-state index in [9.17, 15) is 4.79 Å². The number of thiol groups is 1. The van der Waals surface area contributed by atoms with Crippen molar-refractivity contribution in [3.63, 3.8) is 0 Å². The highest BCUT2D eigenvalue weighted by atomic mass is 32.1. The molecular formula is C26H30N4OS. The minimum atomic E-state index is 0.0117. The van der Waals surface area contributed by atoms with Crippen molar-refractivity contribution in [3.05, 3.63) is 70.4 Å². The van der Waals surface area contributed by atoms with Crippen LogP contribution in [0.25, 0.3) is 5.57 Å². The van der Waals surface area contributed by atoms with Crippen LogP contribution in [0, 0.1) is 6.92 Å². The monoisotopic (exact) mass is 446 g/mol. The third kappa shape index (κ3) is 3.86. The lowest BCUT2D eigenvalue weighted by atomic mass is 9.75. The number of aryl methyl sites for hydroxylation is 1. The van der Waals surface area contributed by atoms with Gasteiger partial charge in [0.05, 0.1) is 6.04 Å². The van der Waals surface area contributed by atoms with Crippen LogP contribution < -0.4 is 10.6 Å². The lowest BCUT2D eigenvalue weighted by molar-refractivity contribution is -0.118. The van der Waals surface area contributed by atoms with Gasteiger partial charge >= 0.3 is 0 Å². The summed E-state index contributed by atoms with van der Waals surface area (Å²) >= 11 is 4.57. The van der Waals surface area contributed by atoms with Crippen LogP contribution in [-0.4, -0.2) is 48.0 Å². The molecule has 6 heteroatoms. The molecule has 3 atom stereocenters. The molecule has 5 nitrogen and oxygen atoms in total. The van der Waals surface area contributed by atoms with Gasteiger partial charge in [0.25, 0.3) is 5.91 Å². The topological polar surface area (TPSA) is 57.3 Å². The highest BCUT2D eigenvalue weighted by Crippen LogP contribution is 2.49. The van der Waals surface area contributed by atoms with E-state index in [1.165, 1.54) is 5.56 Å². The van der Waals surface area contributed by atoms with Crippen molar-refractivity contribution in [1.82, 2.24) is 15.2 Å². The summed E-state index contributed by atoms with van der Waals surface area (Å²) in [7, 11) is 2.12. The molecule has 166 valence electrons. The molecular weight excluding hydrogens is 416 g/mol. The van der Waals surface area contributed by atoms with E-state index in [4.69, 9.17) is 0 Å². The fourth-order valence-corrected chi connectivity index (χ4v) is 5.56. The molecule has 0 radical (unpaired) electrons. The zero-order valence-corrected chi connectivity index (χ0v) is 19.7. The molecule has 3 aliphatic rings. The lowest BCUT2D eigenvalue weighted by Crippen LogP contribution is -2.47. The summed E-state index contributed by atoms with van der Waals surface area (Å²) in [5.74, 6) is 1.04. The third-order valence-corrected chi connectivity index (χ3v) is 7.20. The zero-order chi connectivity index (χ0) is 22.4. The maximum atomic E-state index is 13.5. The molecule has 1 fully saturated rings. The second-order valence-electron chi connectivity index (χ2n) is 9.37. The van der Waals surface area contributed by atoms with Crippen LogP contribution >= 0.6 is 12.6 Å². The molecule has 2 N–H and O–H groups in total. The lowest BCUT2D eigenvalue weighted by Gasteiger charge is -2.33.